The molecular formula is C44H50N5O7P. The van der Waals surface area contributed by atoms with Gasteiger partial charge in [0.15, 0.2) is 0 Å². The second-order valence-corrected chi connectivity index (χ2v) is 15.1. The summed E-state index contributed by atoms with van der Waals surface area (Å²) in [4.78, 5) is 30.7. The molecule has 0 aliphatic carbocycles. The minimum absolute atomic E-state index is 0.0175. The lowest BCUT2D eigenvalue weighted by Gasteiger charge is -2.39. The van der Waals surface area contributed by atoms with Crippen LogP contribution in [0.2, 0.25) is 0 Å². The summed E-state index contributed by atoms with van der Waals surface area (Å²) in [6, 6.07) is 37.8. The molecule has 0 saturated carbocycles. The molecule has 57 heavy (non-hydrogen) atoms. The van der Waals surface area contributed by atoms with Gasteiger partial charge >= 0.3 is 5.69 Å². The molecular weight excluding hydrogens is 741 g/mol. The number of anilines is 1. The molecule has 4 aromatic carbocycles. The van der Waals surface area contributed by atoms with Gasteiger partial charge in [-0.15, -0.1) is 0 Å². The van der Waals surface area contributed by atoms with E-state index in [1.54, 1.807) is 50.7 Å². The molecule has 0 aliphatic heterocycles. The second kappa shape index (κ2) is 20.7. The summed E-state index contributed by atoms with van der Waals surface area (Å²) in [5.41, 5.74) is 1.19. The fourth-order valence-electron chi connectivity index (χ4n) is 6.47. The highest BCUT2D eigenvalue weighted by Crippen LogP contribution is 2.48. The molecule has 0 saturated heterocycles. The Hall–Kier alpha value is -5.41. The molecule has 1 unspecified atom stereocenters. The number of ether oxygens (including phenoxy) is 3. The standard InChI is InChI=1S/C44H50N5O7P/c1-32(2)49(33(3)4)57(55-29-13-27-45)56-40(30-48-28-26-41(47-43(48)51)46-42(50)34-14-9-7-10-15-34)31-54-44(35-16-11-8-12-17-35,36-18-22-38(52-5)23-19-36)37-20-24-39(53-6)25-21-37/h7-12,14-26,28,32-33,40H,13,29-31H2,1-6H3,(H,46,47,50,51)/t40-,57?/m1/s1. The monoisotopic (exact) mass is 791 g/mol. The van der Waals surface area contributed by atoms with Gasteiger partial charge in [-0.1, -0.05) is 72.8 Å². The molecule has 1 N–H and O–H groups in total. The Morgan fingerprint density at radius 3 is 1.88 bits per heavy atom. The first-order valence-electron chi connectivity index (χ1n) is 18.8. The Morgan fingerprint density at radius 1 is 0.825 bits per heavy atom. The van der Waals surface area contributed by atoms with E-state index in [9.17, 15) is 14.9 Å². The molecule has 2 atom stereocenters. The quantitative estimate of drug-likeness (QED) is 0.0467. The fourth-order valence-corrected chi connectivity index (χ4v) is 8.15. The van der Waals surface area contributed by atoms with Gasteiger partial charge in [0.1, 0.15) is 29.0 Å². The van der Waals surface area contributed by atoms with E-state index in [4.69, 9.17) is 23.3 Å². The first-order chi connectivity index (χ1) is 27.6. The molecule has 12 nitrogen and oxygen atoms in total. The maximum absolute atomic E-state index is 13.6. The van der Waals surface area contributed by atoms with E-state index >= 15 is 0 Å². The minimum atomic E-state index is -1.75. The van der Waals surface area contributed by atoms with Gasteiger partial charge in [-0.2, -0.15) is 10.2 Å². The van der Waals surface area contributed by atoms with Crippen LogP contribution in [-0.4, -0.2) is 65.7 Å². The lowest BCUT2D eigenvalue weighted by molar-refractivity contribution is -0.0387. The van der Waals surface area contributed by atoms with Gasteiger partial charge in [-0.25, -0.2) is 9.46 Å². The van der Waals surface area contributed by atoms with Crippen LogP contribution in [-0.2, 0) is 25.9 Å². The number of carbonyl (C=O) groups excluding carboxylic acids is 1. The van der Waals surface area contributed by atoms with Crippen LogP contribution in [0.5, 0.6) is 11.5 Å². The molecule has 0 radical (unpaired) electrons. The zero-order valence-corrected chi connectivity index (χ0v) is 34.1. The third-order valence-corrected chi connectivity index (χ3v) is 11.3. The maximum Gasteiger partial charge on any atom is 0.349 e. The number of benzene rings is 4. The average molecular weight is 792 g/mol. The molecule has 1 amide bonds. The summed E-state index contributed by atoms with van der Waals surface area (Å²) in [5.74, 6) is 1.12. The summed E-state index contributed by atoms with van der Waals surface area (Å²) in [6.45, 7) is 8.40. The summed E-state index contributed by atoms with van der Waals surface area (Å²) >= 11 is 0. The predicted molar refractivity (Wildman–Crippen MR) is 221 cm³/mol. The molecule has 298 valence electrons. The number of rotatable bonds is 20. The largest absolute Gasteiger partial charge is 0.497 e. The number of nitrogens with one attached hydrogen (secondary N) is 1. The Morgan fingerprint density at radius 2 is 1.37 bits per heavy atom. The van der Waals surface area contributed by atoms with Gasteiger partial charge in [0.25, 0.3) is 14.4 Å². The van der Waals surface area contributed by atoms with Gasteiger partial charge in [0, 0.05) is 23.8 Å². The Bertz CT molecular complexity index is 2050. The maximum atomic E-state index is 13.6. The minimum Gasteiger partial charge on any atom is -0.497 e. The smallest absolute Gasteiger partial charge is 0.349 e. The first-order valence-corrected chi connectivity index (χ1v) is 19.9. The van der Waals surface area contributed by atoms with Crippen LogP contribution in [0.25, 0.3) is 0 Å². The van der Waals surface area contributed by atoms with Crippen LogP contribution in [0.3, 0.4) is 0 Å². The number of hydrogen-bond acceptors (Lipinski definition) is 10. The number of amides is 1. The van der Waals surface area contributed by atoms with E-state index in [0.29, 0.717) is 17.1 Å². The number of hydrogen-bond donors (Lipinski definition) is 1. The van der Waals surface area contributed by atoms with Gasteiger partial charge in [-0.3, -0.25) is 9.36 Å². The summed E-state index contributed by atoms with van der Waals surface area (Å²) < 4.78 is 35.1. The van der Waals surface area contributed by atoms with Crippen LogP contribution in [0, 0.1) is 11.3 Å². The van der Waals surface area contributed by atoms with E-state index in [1.807, 2.05) is 84.9 Å². The van der Waals surface area contributed by atoms with Gasteiger partial charge in [0.05, 0.1) is 46.5 Å². The molecule has 0 bridgehead atoms. The molecule has 0 fully saturated rings. The zero-order valence-electron chi connectivity index (χ0n) is 33.2. The highest BCUT2D eigenvalue weighted by atomic mass is 31.2. The normalized spacial score (nSPS) is 12.6. The Balaban J connectivity index is 1.58. The molecule has 1 heterocycles. The van der Waals surface area contributed by atoms with E-state index < -0.39 is 25.9 Å². The lowest BCUT2D eigenvalue weighted by atomic mass is 9.80. The van der Waals surface area contributed by atoms with Crippen molar-refractivity contribution in [3.63, 3.8) is 0 Å². The van der Waals surface area contributed by atoms with E-state index in [1.165, 1.54) is 4.57 Å². The van der Waals surface area contributed by atoms with Crippen molar-refractivity contribution in [2.45, 2.75) is 64.4 Å². The van der Waals surface area contributed by atoms with Crippen LogP contribution in [0.1, 0.15) is 61.2 Å². The Labute approximate surface area is 335 Å². The number of nitriles is 1. The van der Waals surface area contributed by atoms with E-state index in [2.05, 4.69) is 48.7 Å². The highest BCUT2D eigenvalue weighted by molar-refractivity contribution is 7.44. The molecule has 0 spiro atoms. The number of nitrogens with zero attached hydrogens (tertiary/aromatic N) is 4. The average Bonchev–Trinajstić information content (AvgIpc) is 3.22. The SMILES string of the molecule is COc1ccc(C(OC[C@@H](Cn2ccc(NC(=O)c3ccccc3)nc2=O)OP(OCCC#N)N(C(C)C)C(C)C)(c2ccccc2)c2ccc(OC)cc2)cc1. The fraction of sp³-hybridized carbons (Fsp3) is 0.318. The van der Waals surface area contributed by atoms with Crippen molar-refractivity contribution in [2.24, 2.45) is 0 Å². The van der Waals surface area contributed by atoms with Crippen LogP contribution in [0.15, 0.2) is 126 Å². The third-order valence-electron chi connectivity index (χ3n) is 9.11. The van der Waals surface area contributed by atoms with E-state index in [0.717, 1.165) is 16.7 Å². The molecule has 13 heteroatoms. The van der Waals surface area contributed by atoms with Crippen molar-refractivity contribution in [1.82, 2.24) is 14.2 Å². The summed E-state index contributed by atoms with van der Waals surface area (Å²) in [6.07, 6.45) is 0.978. The molecule has 5 rings (SSSR count). The van der Waals surface area contributed by atoms with Crippen LogP contribution >= 0.6 is 8.53 Å². The number of carbonyl (C=O) groups is 1. The van der Waals surface area contributed by atoms with Crippen LogP contribution in [0.4, 0.5) is 5.82 Å². The summed E-state index contributed by atoms with van der Waals surface area (Å²) in [7, 11) is 1.49. The van der Waals surface area contributed by atoms with Gasteiger partial charge in [-0.05, 0) is 86.8 Å². The van der Waals surface area contributed by atoms with Crippen molar-refractivity contribution < 1.29 is 28.1 Å². The van der Waals surface area contributed by atoms with Crippen molar-refractivity contribution >= 4 is 20.3 Å². The van der Waals surface area contributed by atoms with Crippen molar-refractivity contribution in [1.29, 1.82) is 5.26 Å². The van der Waals surface area contributed by atoms with E-state index in [-0.39, 0.29) is 50.0 Å². The zero-order chi connectivity index (χ0) is 40.8. The molecule has 5 aromatic rings. The van der Waals surface area contributed by atoms with Gasteiger partial charge in [0.2, 0.25) is 0 Å². The second-order valence-electron chi connectivity index (χ2n) is 13.7. The molecule has 0 aliphatic rings. The number of aromatic nitrogens is 2. The molecule has 1 aromatic heterocycles. The number of methoxy groups -OCH3 is 2. The van der Waals surface area contributed by atoms with Crippen molar-refractivity contribution in [2.75, 3.05) is 32.8 Å². The highest BCUT2D eigenvalue weighted by Gasteiger charge is 2.40. The topological polar surface area (TPSA) is 137 Å². The van der Waals surface area contributed by atoms with Crippen molar-refractivity contribution in [3.8, 4) is 17.6 Å². The first kappa shape index (κ1) is 42.7. The third kappa shape index (κ3) is 10.9. The Kier molecular flexibility index (Phi) is 15.5. The van der Waals surface area contributed by atoms with Gasteiger partial charge < -0.3 is 28.6 Å². The summed E-state index contributed by atoms with van der Waals surface area (Å²) in [5, 5.41) is 12.1. The predicted octanol–water partition coefficient (Wildman–Crippen LogP) is 8.18. The van der Waals surface area contributed by atoms with Crippen LogP contribution < -0.4 is 20.5 Å². The lowest BCUT2D eigenvalue weighted by Crippen LogP contribution is -2.40. The van der Waals surface area contributed by atoms with Crippen molar-refractivity contribution in [3.05, 3.63) is 154 Å².